The first-order valence-corrected chi connectivity index (χ1v) is 9.01. The van der Waals surface area contributed by atoms with E-state index in [1.54, 1.807) is 32.2 Å². The van der Waals surface area contributed by atoms with Gasteiger partial charge in [-0.3, -0.25) is 9.20 Å². The molecule has 28 heavy (non-hydrogen) atoms. The molecular formula is C20H16Cl2N2O4. The first-order valence-electron chi connectivity index (χ1n) is 8.25. The zero-order valence-electron chi connectivity index (χ0n) is 15.1. The highest BCUT2D eigenvalue weighted by molar-refractivity contribution is 6.36. The van der Waals surface area contributed by atoms with Crippen LogP contribution in [0.1, 0.15) is 17.0 Å². The van der Waals surface area contributed by atoms with Crippen molar-refractivity contribution >= 4 is 40.9 Å². The monoisotopic (exact) mass is 418 g/mol. The normalized spacial score (nSPS) is 11.1. The molecule has 0 spiro atoms. The van der Waals surface area contributed by atoms with E-state index in [9.17, 15) is 9.59 Å². The van der Waals surface area contributed by atoms with Crippen molar-refractivity contribution in [1.82, 2.24) is 9.38 Å². The van der Waals surface area contributed by atoms with Crippen LogP contribution in [0.3, 0.4) is 0 Å². The van der Waals surface area contributed by atoms with Gasteiger partial charge in [-0.05, 0) is 36.8 Å². The van der Waals surface area contributed by atoms with Gasteiger partial charge >= 0.3 is 5.97 Å². The Kier molecular flexibility index (Phi) is 6.02. The number of rotatable bonds is 5. The molecule has 0 saturated heterocycles. The summed E-state index contributed by atoms with van der Waals surface area (Å²) in [4.78, 5) is 28.6. The van der Waals surface area contributed by atoms with Gasteiger partial charge in [0.25, 0.3) is 5.56 Å². The van der Waals surface area contributed by atoms with Gasteiger partial charge in [-0.2, -0.15) is 0 Å². The van der Waals surface area contributed by atoms with Gasteiger partial charge in [-0.15, -0.1) is 0 Å². The van der Waals surface area contributed by atoms with Gasteiger partial charge in [0.05, 0.1) is 22.8 Å². The lowest BCUT2D eigenvalue weighted by Crippen LogP contribution is -2.19. The highest BCUT2D eigenvalue weighted by Gasteiger charge is 2.12. The number of hydrogen-bond donors (Lipinski definition) is 0. The molecule has 0 aliphatic heterocycles. The van der Waals surface area contributed by atoms with Crippen molar-refractivity contribution in [2.45, 2.75) is 13.5 Å². The van der Waals surface area contributed by atoms with Crippen LogP contribution in [-0.4, -0.2) is 22.5 Å². The van der Waals surface area contributed by atoms with Crippen LogP contribution in [0.2, 0.25) is 10.0 Å². The van der Waals surface area contributed by atoms with Crippen molar-refractivity contribution in [1.29, 1.82) is 0 Å². The number of fused-ring (bicyclic) bond motifs is 1. The number of ether oxygens (including phenoxy) is 2. The number of pyridine rings is 1. The zero-order valence-corrected chi connectivity index (χ0v) is 16.6. The molecule has 8 heteroatoms. The maximum atomic E-state index is 12.4. The number of nitrogens with zero attached hydrogens (tertiary/aromatic N) is 2. The highest BCUT2D eigenvalue weighted by atomic mass is 35.5. The van der Waals surface area contributed by atoms with Gasteiger partial charge in [0, 0.05) is 17.8 Å². The van der Waals surface area contributed by atoms with Gasteiger partial charge in [-0.1, -0.05) is 35.3 Å². The summed E-state index contributed by atoms with van der Waals surface area (Å²) < 4.78 is 11.6. The molecule has 144 valence electrons. The maximum absolute atomic E-state index is 12.4. The largest absolute Gasteiger partial charge is 0.497 e. The quantitative estimate of drug-likeness (QED) is 0.461. The third-order valence-corrected chi connectivity index (χ3v) is 4.67. The molecule has 0 N–H and O–H groups in total. The van der Waals surface area contributed by atoms with Crippen molar-refractivity contribution in [2.75, 3.05) is 7.11 Å². The number of hydrogen-bond acceptors (Lipinski definition) is 5. The van der Waals surface area contributed by atoms with E-state index in [4.69, 9.17) is 32.7 Å². The van der Waals surface area contributed by atoms with Crippen LogP contribution in [0.4, 0.5) is 0 Å². The van der Waals surface area contributed by atoms with E-state index in [-0.39, 0.29) is 22.8 Å². The SMILES string of the molecule is COc1ccc(C=CC(=O)OCc2cc(=O)n3c(C)c(Cl)cc(Cl)c3n2)cc1. The molecule has 0 unspecified atom stereocenters. The number of aryl methyl sites for hydroxylation is 1. The second-order valence-electron chi connectivity index (χ2n) is 5.88. The maximum Gasteiger partial charge on any atom is 0.331 e. The highest BCUT2D eigenvalue weighted by Crippen LogP contribution is 2.23. The van der Waals surface area contributed by atoms with Crippen LogP contribution in [0, 0.1) is 6.92 Å². The topological polar surface area (TPSA) is 69.9 Å². The van der Waals surface area contributed by atoms with Crippen LogP contribution >= 0.6 is 23.2 Å². The predicted molar refractivity (Wildman–Crippen MR) is 108 cm³/mol. The third-order valence-electron chi connectivity index (χ3n) is 4.01. The molecule has 2 heterocycles. The van der Waals surface area contributed by atoms with E-state index in [2.05, 4.69) is 4.98 Å². The molecule has 6 nitrogen and oxygen atoms in total. The van der Waals surface area contributed by atoms with Crippen molar-refractivity contribution in [3.05, 3.63) is 79.8 Å². The minimum Gasteiger partial charge on any atom is -0.497 e. The Morgan fingerprint density at radius 2 is 1.89 bits per heavy atom. The Labute approximate surface area is 170 Å². The fourth-order valence-electron chi connectivity index (χ4n) is 2.55. The molecule has 3 rings (SSSR count). The van der Waals surface area contributed by atoms with Gasteiger partial charge in [0.2, 0.25) is 0 Å². The Balaban J connectivity index is 1.73. The molecule has 0 radical (unpaired) electrons. The second-order valence-corrected chi connectivity index (χ2v) is 6.70. The lowest BCUT2D eigenvalue weighted by Gasteiger charge is -2.09. The van der Waals surface area contributed by atoms with E-state index >= 15 is 0 Å². The number of benzene rings is 1. The molecule has 0 aliphatic rings. The van der Waals surface area contributed by atoms with Crippen LogP contribution < -0.4 is 10.3 Å². The summed E-state index contributed by atoms with van der Waals surface area (Å²) in [6.07, 6.45) is 2.92. The van der Waals surface area contributed by atoms with E-state index in [0.29, 0.717) is 16.4 Å². The predicted octanol–water partition coefficient (Wildman–Crippen LogP) is 4.07. The summed E-state index contributed by atoms with van der Waals surface area (Å²) >= 11 is 12.2. The summed E-state index contributed by atoms with van der Waals surface area (Å²) in [5.74, 6) is 0.166. The average Bonchev–Trinajstić information content (AvgIpc) is 2.69. The van der Waals surface area contributed by atoms with Crippen molar-refractivity contribution in [3.63, 3.8) is 0 Å². The van der Waals surface area contributed by atoms with Crippen LogP contribution in [0.15, 0.2) is 47.3 Å². The zero-order chi connectivity index (χ0) is 20.3. The molecule has 0 amide bonds. The Bertz CT molecular complexity index is 1120. The molecule has 0 atom stereocenters. The minimum absolute atomic E-state index is 0.157. The van der Waals surface area contributed by atoms with E-state index in [0.717, 1.165) is 11.3 Å². The van der Waals surface area contributed by atoms with E-state index in [1.807, 2.05) is 12.1 Å². The van der Waals surface area contributed by atoms with E-state index in [1.165, 1.54) is 22.6 Å². The summed E-state index contributed by atoms with van der Waals surface area (Å²) in [6, 6.07) is 10.00. The number of halogens is 2. The van der Waals surface area contributed by atoms with Gasteiger partial charge in [0.1, 0.15) is 12.4 Å². The Morgan fingerprint density at radius 3 is 2.57 bits per heavy atom. The summed E-state index contributed by atoms with van der Waals surface area (Å²) in [5, 5.41) is 0.601. The summed E-state index contributed by atoms with van der Waals surface area (Å²) in [7, 11) is 1.58. The smallest absolute Gasteiger partial charge is 0.331 e. The van der Waals surface area contributed by atoms with Gasteiger partial charge in [0.15, 0.2) is 5.65 Å². The number of methoxy groups -OCH3 is 1. The van der Waals surface area contributed by atoms with Crippen LogP contribution in [-0.2, 0) is 16.1 Å². The molecule has 0 bridgehead atoms. The Morgan fingerprint density at radius 1 is 1.18 bits per heavy atom. The van der Waals surface area contributed by atoms with Crippen molar-refractivity contribution in [2.24, 2.45) is 0 Å². The van der Waals surface area contributed by atoms with Crippen molar-refractivity contribution in [3.8, 4) is 5.75 Å². The molecule has 0 saturated carbocycles. The molecular weight excluding hydrogens is 403 g/mol. The fourth-order valence-corrected chi connectivity index (χ4v) is 3.03. The van der Waals surface area contributed by atoms with Crippen LogP contribution in [0.25, 0.3) is 11.7 Å². The van der Waals surface area contributed by atoms with E-state index < -0.39 is 5.97 Å². The first kappa shape index (κ1) is 19.9. The fraction of sp³-hybridized carbons (Fsp3) is 0.150. The number of carbonyl (C=O) groups is 1. The molecule has 1 aromatic carbocycles. The van der Waals surface area contributed by atoms with Crippen molar-refractivity contribution < 1.29 is 14.3 Å². The third kappa shape index (κ3) is 4.35. The minimum atomic E-state index is -0.559. The molecule has 0 fully saturated rings. The average molecular weight is 419 g/mol. The lowest BCUT2D eigenvalue weighted by molar-refractivity contribution is -0.139. The number of carbonyl (C=O) groups excluding carboxylic acids is 1. The lowest BCUT2D eigenvalue weighted by atomic mass is 10.2. The van der Waals surface area contributed by atoms with Gasteiger partial charge in [-0.25, -0.2) is 9.78 Å². The summed E-state index contributed by atoms with van der Waals surface area (Å²) in [6.45, 7) is 1.54. The number of aromatic nitrogens is 2. The van der Waals surface area contributed by atoms with Gasteiger partial charge < -0.3 is 9.47 Å². The molecule has 3 aromatic rings. The summed E-state index contributed by atoms with van der Waals surface area (Å²) in [5.41, 5.74) is 1.55. The first-order chi connectivity index (χ1) is 13.4. The standard InChI is InChI=1S/C20H16Cl2N2O4/c1-12-16(21)10-17(22)20-23-14(9-18(25)24(12)20)11-28-19(26)8-5-13-3-6-15(27-2)7-4-13/h3-10H,11H2,1-2H3. The van der Waals surface area contributed by atoms with Crippen LogP contribution in [0.5, 0.6) is 5.75 Å². The second kappa shape index (κ2) is 8.46. The molecule has 2 aromatic heterocycles. The number of esters is 1. The molecule has 0 aliphatic carbocycles. The Hall–Kier alpha value is -2.83.